The lowest BCUT2D eigenvalue weighted by Gasteiger charge is -2.28. The van der Waals surface area contributed by atoms with Gasteiger partial charge in [-0.25, -0.2) is 0 Å². The van der Waals surface area contributed by atoms with E-state index in [0.29, 0.717) is 5.92 Å². The fraction of sp³-hybridized carbons (Fsp3) is 1.00. The van der Waals surface area contributed by atoms with Gasteiger partial charge >= 0.3 is 0 Å². The van der Waals surface area contributed by atoms with Crippen LogP contribution in [0.5, 0.6) is 0 Å². The fourth-order valence-electron chi connectivity index (χ4n) is 2.84. The summed E-state index contributed by atoms with van der Waals surface area (Å²) in [6.07, 6.45) is 5.50. The zero-order chi connectivity index (χ0) is 9.31. The lowest BCUT2D eigenvalue weighted by Crippen LogP contribution is -2.35. The molecule has 76 valence electrons. The van der Waals surface area contributed by atoms with Crippen LogP contribution in [0.15, 0.2) is 0 Å². The minimum absolute atomic E-state index is 0.378. The normalized spacial score (nSPS) is 45.7. The molecule has 1 N–H and O–H groups in total. The van der Waals surface area contributed by atoms with Crippen molar-refractivity contribution >= 4 is 0 Å². The molecule has 0 aromatic carbocycles. The van der Waals surface area contributed by atoms with E-state index in [1.165, 1.54) is 12.8 Å². The summed E-state index contributed by atoms with van der Waals surface area (Å²) in [5, 5.41) is 10.4. The highest BCUT2D eigenvalue weighted by Gasteiger charge is 2.44. The van der Waals surface area contributed by atoms with Gasteiger partial charge in [0, 0.05) is 12.5 Å². The van der Waals surface area contributed by atoms with E-state index >= 15 is 0 Å². The number of hydrogen-bond donors (Lipinski definition) is 1. The predicted molar refractivity (Wildman–Crippen MR) is 51.5 cm³/mol. The maximum Gasteiger partial charge on any atom is 0.0701 e. The molecule has 1 saturated carbocycles. The summed E-state index contributed by atoms with van der Waals surface area (Å²) < 4.78 is 5.34. The smallest absolute Gasteiger partial charge is 0.0701 e. The number of aliphatic hydroxyl groups is 1. The molecule has 0 bridgehead atoms. The third-order valence-electron chi connectivity index (χ3n) is 3.89. The Balaban J connectivity index is 1.96. The Kier molecular flexibility index (Phi) is 2.61. The van der Waals surface area contributed by atoms with Crippen LogP contribution in [0, 0.1) is 11.8 Å². The summed E-state index contributed by atoms with van der Waals surface area (Å²) in [5.74, 6) is 1.18. The average molecular weight is 184 g/mol. The molecule has 2 nitrogen and oxygen atoms in total. The average Bonchev–Trinajstić information content (AvgIpc) is 2.72. The van der Waals surface area contributed by atoms with E-state index < -0.39 is 0 Å². The Bertz CT molecular complexity index is 175. The molecule has 1 aliphatic heterocycles. The van der Waals surface area contributed by atoms with Crippen molar-refractivity contribution < 1.29 is 9.84 Å². The molecule has 1 saturated heterocycles. The van der Waals surface area contributed by atoms with E-state index in [2.05, 4.69) is 6.92 Å². The SMILES string of the molecule is CCC1CCC(O)(C2CCOC2)C1. The molecule has 3 atom stereocenters. The largest absolute Gasteiger partial charge is 0.390 e. The second-order valence-corrected chi connectivity index (χ2v) is 4.68. The van der Waals surface area contributed by atoms with Crippen LogP contribution in [0.25, 0.3) is 0 Å². The first-order chi connectivity index (χ1) is 6.24. The second kappa shape index (κ2) is 3.58. The number of hydrogen-bond acceptors (Lipinski definition) is 2. The Hall–Kier alpha value is -0.0800. The zero-order valence-corrected chi connectivity index (χ0v) is 8.46. The summed E-state index contributed by atoms with van der Waals surface area (Å²) >= 11 is 0. The molecule has 0 spiro atoms. The fourth-order valence-corrected chi connectivity index (χ4v) is 2.84. The van der Waals surface area contributed by atoms with Crippen LogP contribution in [-0.4, -0.2) is 23.9 Å². The highest BCUT2D eigenvalue weighted by atomic mass is 16.5. The standard InChI is InChI=1S/C11H20O2/c1-2-9-3-5-11(12,7-9)10-4-6-13-8-10/h9-10,12H,2-8H2,1H3. The van der Waals surface area contributed by atoms with Gasteiger partial charge in [-0.2, -0.15) is 0 Å². The van der Waals surface area contributed by atoms with E-state index in [4.69, 9.17) is 4.74 Å². The minimum atomic E-state index is -0.378. The van der Waals surface area contributed by atoms with Gasteiger partial charge in [0.05, 0.1) is 12.2 Å². The van der Waals surface area contributed by atoms with Crippen LogP contribution in [0.3, 0.4) is 0 Å². The van der Waals surface area contributed by atoms with Gasteiger partial charge in [-0.3, -0.25) is 0 Å². The third-order valence-corrected chi connectivity index (χ3v) is 3.89. The van der Waals surface area contributed by atoms with Crippen molar-refractivity contribution in [1.82, 2.24) is 0 Å². The van der Waals surface area contributed by atoms with Crippen LogP contribution in [0.4, 0.5) is 0 Å². The maximum absolute atomic E-state index is 10.4. The lowest BCUT2D eigenvalue weighted by molar-refractivity contribution is -0.0189. The summed E-state index contributed by atoms with van der Waals surface area (Å²) in [6, 6.07) is 0. The number of ether oxygens (including phenoxy) is 1. The Labute approximate surface area is 80.3 Å². The molecular weight excluding hydrogens is 164 g/mol. The van der Waals surface area contributed by atoms with Crippen molar-refractivity contribution in [3.8, 4) is 0 Å². The highest BCUT2D eigenvalue weighted by Crippen LogP contribution is 2.43. The van der Waals surface area contributed by atoms with Crippen molar-refractivity contribution in [2.45, 2.75) is 44.6 Å². The number of rotatable bonds is 2. The van der Waals surface area contributed by atoms with Gasteiger partial charge in [0.1, 0.15) is 0 Å². The van der Waals surface area contributed by atoms with E-state index in [0.717, 1.165) is 38.4 Å². The molecule has 2 aliphatic rings. The first-order valence-corrected chi connectivity index (χ1v) is 5.55. The molecule has 0 aromatic rings. The highest BCUT2D eigenvalue weighted by molar-refractivity contribution is 4.95. The van der Waals surface area contributed by atoms with Crippen LogP contribution < -0.4 is 0 Å². The monoisotopic (exact) mass is 184 g/mol. The lowest BCUT2D eigenvalue weighted by atomic mass is 9.84. The van der Waals surface area contributed by atoms with Gasteiger partial charge in [0.15, 0.2) is 0 Å². The second-order valence-electron chi connectivity index (χ2n) is 4.68. The topological polar surface area (TPSA) is 29.5 Å². The Morgan fingerprint density at radius 3 is 2.85 bits per heavy atom. The van der Waals surface area contributed by atoms with Gasteiger partial charge in [0.2, 0.25) is 0 Å². The molecule has 1 heterocycles. The minimum Gasteiger partial charge on any atom is -0.390 e. The van der Waals surface area contributed by atoms with E-state index in [-0.39, 0.29) is 5.60 Å². The van der Waals surface area contributed by atoms with E-state index in [1.54, 1.807) is 0 Å². The van der Waals surface area contributed by atoms with Crippen LogP contribution in [-0.2, 0) is 4.74 Å². The summed E-state index contributed by atoms with van der Waals surface area (Å²) in [4.78, 5) is 0. The van der Waals surface area contributed by atoms with E-state index in [9.17, 15) is 5.11 Å². The molecule has 0 amide bonds. The van der Waals surface area contributed by atoms with Crippen LogP contribution in [0.1, 0.15) is 39.0 Å². The van der Waals surface area contributed by atoms with Crippen molar-refractivity contribution in [1.29, 1.82) is 0 Å². The molecule has 0 radical (unpaired) electrons. The molecule has 1 aliphatic carbocycles. The molecule has 2 heteroatoms. The van der Waals surface area contributed by atoms with Crippen molar-refractivity contribution in [2.24, 2.45) is 11.8 Å². The van der Waals surface area contributed by atoms with Crippen molar-refractivity contribution in [3.05, 3.63) is 0 Å². The van der Waals surface area contributed by atoms with Crippen molar-refractivity contribution in [2.75, 3.05) is 13.2 Å². The molecule has 2 rings (SSSR count). The first kappa shape index (κ1) is 9.47. The summed E-state index contributed by atoms with van der Waals surface area (Å²) in [6.45, 7) is 3.86. The summed E-state index contributed by atoms with van der Waals surface area (Å²) in [7, 11) is 0. The van der Waals surface area contributed by atoms with Gasteiger partial charge < -0.3 is 9.84 Å². The summed E-state index contributed by atoms with van der Waals surface area (Å²) in [5.41, 5.74) is -0.378. The van der Waals surface area contributed by atoms with Gasteiger partial charge in [0.25, 0.3) is 0 Å². The third kappa shape index (κ3) is 1.75. The molecule has 3 unspecified atom stereocenters. The Morgan fingerprint density at radius 1 is 1.46 bits per heavy atom. The predicted octanol–water partition coefficient (Wildman–Crippen LogP) is 1.96. The molecule has 0 aromatic heterocycles. The molecule has 2 fully saturated rings. The van der Waals surface area contributed by atoms with Gasteiger partial charge in [-0.15, -0.1) is 0 Å². The molecule has 13 heavy (non-hydrogen) atoms. The van der Waals surface area contributed by atoms with Gasteiger partial charge in [-0.1, -0.05) is 13.3 Å². The zero-order valence-electron chi connectivity index (χ0n) is 8.46. The molecular formula is C11H20O2. The van der Waals surface area contributed by atoms with Gasteiger partial charge in [-0.05, 0) is 31.6 Å². The Morgan fingerprint density at radius 2 is 2.31 bits per heavy atom. The first-order valence-electron chi connectivity index (χ1n) is 5.55. The van der Waals surface area contributed by atoms with E-state index in [1.807, 2.05) is 0 Å². The quantitative estimate of drug-likeness (QED) is 0.711. The van der Waals surface area contributed by atoms with Crippen LogP contribution in [0.2, 0.25) is 0 Å². The van der Waals surface area contributed by atoms with Crippen molar-refractivity contribution in [3.63, 3.8) is 0 Å². The maximum atomic E-state index is 10.4. The van der Waals surface area contributed by atoms with Crippen LogP contribution >= 0.6 is 0 Å².